The van der Waals surface area contributed by atoms with Crippen molar-refractivity contribution in [2.75, 3.05) is 0 Å². The Kier molecular flexibility index (Phi) is 12.0. The van der Waals surface area contributed by atoms with Crippen LogP contribution in [0.3, 0.4) is 0 Å². The summed E-state index contributed by atoms with van der Waals surface area (Å²) in [7, 11) is 0. The lowest BCUT2D eigenvalue weighted by Crippen LogP contribution is -2.03. The van der Waals surface area contributed by atoms with Gasteiger partial charge in [0.15, 0.2) is 0 Å². The second-order valence-electron chi connectivity index (χ2n) is 10.5. The van der Waals surface area contributed by atoms with Gasteiger partial charge in [0.2, 0.25) is 0 Å². The zero-order chi connectivity index (χ0) is 39.4. The number of rotatable bonds is 6. The normalized spacial score (nSPS) is 9.11. The highest BCUT2D eigenvalue weighted by atomic mass is 16.4. The van der Waals surface area contributed by atoms with Gasteiger partial charge in [-0.05, 0) is 108 Å². The lowest BCUT2D eigenvalue weighted by Gasteiger charge is -1.99. The molecule has 0 aliphatic rings. The molecule has 54 heavy (non-hydrogen) atoms. The van der Waals surface area contributed by atoms with Gasteiger partial charge in [-0.2, -0.15) is 0 Å². The summed E-state index contributed by atoms with van der Waals surface area (Å²) in [5.41, 5.74) is -0.349. The van der Waals surface area contributed by atoms with E-state index in [-0.39, 0.29) is 50.1 Å². The topological polar surface area (TPSA) is 224 Å². The van der Waals surface area contributed by atoms with Crippen molar-refractivity contribution < 1.29 is 59.4 Å². The summed E-state index contributed by atoms with van der Waals surface area (Å²) in [5, 5.41) is 55.7. The van der Waals surface area contributed by atoms with Crippen molar-refractivity contribution in [2.45, 2.75) is 0 Å². The number of carboxylic acid groups (broad SMARTS) is 6. The maximum atomic E-state index is 11.4. The molecule has 0 saturated heterocycles. The number of hydrogen-bond acceptors (Lipinski definition) is 6. The smallest absolute Gasteiger partial charge is 0.335 e. The van der Waals surface area contributed by atoms with Crippen molar-refractivity contribution in [3.63, 3.8) is 0 Å². The van der Waals surface area contributed by atoms with Crippen LogP contribution in [-0.4, -0.2) is 66.5 Å². The summed E-state index contributed by atoms with van der Waals surface area (Å²) < 4.78 is 0. The lowest BCUT2D eigenvalue weighted by atomic mass is 10.0. The van der Waals surface area contributed by atoms with Crippen LogP contribution in [-0.2, 0) is 0 Å². The second kappa shape index (κ2) is 17.1. The molecule has 0 atom stereocenters. The Balaban J connectivity index is 1.73. The molecule has 12 nitrogen and oxygen atoms in total. The number of benzene rings is 4. The fourth-order valence-electron chi connectivity index (χ4n) is 4.30. The maximum Gasteiger partial charge on any atom is 0.335 e. The summed E-state index contributed by atoms with van der Waals surface area (Å²) in [4.78, 5) is 68.4. The molecule has 0 spiro atoms. The Bertz CT molecular complexity index is 2310. The second-order valence-corrected chi connectivity index (χ2v) is 10.5. The summed E-state index contributed by atoms with van der Waals surface area (Å²) in [6.07, 6.45) is 0. The molecular formula is C42H18O12. The Hall–Kier alpha value is -8.94. The van der Waals surface area contributed by atoms with E-state index in [0.717, 1.165) is 18.2 Å². The average Bonchev–Trinajstić information content (AvgIpc) is 3.13. The monoisotopic (exact) mass is 714 g/mol. The van der Waals surface area contributed by atoms with Crippen LogP contribution < -0.4 is 0 Å². The van der Waals surface area contributed by atoms with Crippen molar-refractivity contribution in [1.82, 2.24) is 0 Å². The van der Waals surface area contributed by atoms with Crippen LogP contribution >= 0.6 is 0 Å². The Morgan fingerprint density at radius 2 is 0.407 bits per heavy atom. The van der Waals surface area contributed by atoms with Crippen molar-refractivity contribution >= 4 is 35.8 Å². The lowest BCUT2D eigenvalue weighted by molar-refractivity contribution is 0.0676. The summed E-state index contributed by atoms with van der Waals surface area (Å²) >= 11 is 0. The summed E-state index contributed by atoms with van der Waals surface area (Å²) in [6, 6.07) is 14.8. The van der Waals surface area contributed by atoms with E-state index in [2.05, 4.69) is 71.0 Å². The molecule has 0 aliphatic heterocycles. The van der Waals surface area contributed by atoms with Gasteiger partial charge >= 0.3 is 35.8 Å². The van der Waals surface area contributed by atoms with E-state index >= 15 is 0 Å². The van der Waals surface area contributed by atoms with Crippen LogP contribution in [0.1, 0.15) is 95.5 Å². The molecule has 0 saturated carbocycles. The Morgan fingerprint density at radius 1 is 0.259 bits per heavy atom. The Labute approximate surface area is 305 Å². The molecule has 0 aliphatic carbocycles. The fraction of sp³-hybridized carbons (Fsp3) is 0. The minimum atomic E-state index is -1.34. The van der Waals surface area contributed by atoms with Crippen LogP contribution in [0.2, 0.25) is 0 Å². The van der Waals surface area contributed by atoms with E-state index in [0.29, 0.717) is 16.7 Å². The van der Waals surface area contributed by atoms with Gasteiger partial charge in [-0.1, -0.05) is 35.5 Å². The van der Waals surface area contributed by atoms with Crippen LogP contribution in [0.4, 0.5) is 0 Å². The van der Waals surface area contributed by atoms with E-state index in [1.165, 1.54) is 36.4 Å². The first-order valence-corrected chi connectivity index (χ1v) is 14.7. The third-order valence-corrected chi connectivity index (χ3v) is 6.64. The van der Waals surface area contributed by atoms with Gasteiger partial charge in [0.1, 0.15) is 0 Å². The quantitative estimate of drug-likeness (QED) is 0.156. The van der Waals surface area contributed by atoms with E-state index in [1.54, 1.807) is 18.2 Å². The van der Waals surface area contributed by atoms with Gasteiger partial charge in [0, 0.05) is 33.4 Å². The molecule has 12 heteroatoms. The Morgan fingerprint density at radius 3 is 0.556 bits per heavy atom. The first-order valence-electron chi connectivity index (χ1n) is 14.7. The van der Waals surface area contributed by atoms with E-state index in [4.69, 9.17) is 0 Å². The molecule has 0 fully saturated rings. The van der Waals surface area contributed by atoms with Gasteiger partial charge < -0.3 is 30.6 Å². The summed E-state index contributed by atoms with van der Waals surface area (Å²) in [5.74, 6) is 23.5. The van der Waals surface area contributed by atoms with Crippen molar-refractivity contribution in [2.24, 2.45) is 0 Å². The predicted molar refractivity (Wildman–Crippen MR) is 189 cm³/mol. The standard InChI is InChI=1S/C42H18O12/c43-37(44)31-16-28(17-32(22-31)38(45)46)10-4-1-7-25-13-26(8-2-5-11-29-18-33(39(47)48)23-34(19-29)40(49)50)15-27(14-25)9-3-6-12-30-20-35(41(51)52)24-36(21-30)42(53)54/h13-24H,(H,43,44)(H,45,46)(H,47,48)(H,49,50)(H,51,52)(H,53,54). The van der Waals surface area contributed by atoms with Gasteiger partial charge in [0.25, 0.3) is 0 Å². The molecule has 0 amide bonds. The molecular weight excluding hydrogens is 696 g/mol. The molecule has 4 aromatic carbocycles. The third kappa shape index (κ3) is 10.8. The molecule has 4 rings (SSSR count). The largest absolute Gasteiger partial charge is 0.478 e. The van der Waals surface area contributed by atoms with E-state index in [9.17, 15) is 59.4 Å². The SMILES string of the molecule is O=C(O)c1cc(C#CC#Cc2cc(C#CC#Cc3cc(C(=O)O)cc(C(=O)O)c3)cc(C#CC#Cc3cc(C(=O)O)cc(C(=O)O)c3)c2)cc(C(=O)O)c1. The van der Waals surface area contributed by atoms with Crippen LogP contribution in [0.5, 0.6) is 0 Å². The number of carbonyl (C=O) groups is 6. The van der Waals surface area contributed by atoms with Crippen molar-refractivity contribution in [3.8, 4) is 71.0 Å². The molecule has 0 radical (unpaired) electrons. The van der Waals surface area contributed by atoms with Gasteiger partial charge in [-0.15, -0.1) is 0 Å². The van der Waals surface area contributed by atoms with Crippen molar-refractivity contribution in [3.05, 3.63) is 140 Å². The fourth-order valence-corrected chi connectivity index (χ4v) is 4.30. The first kappa shape index (κ1) is 37.9. The predicted octanol–water partition coefficient (Wildman–Crippen LogP) is 4.09. The first-order chi connectivity index (χ1) is 25.7. The number of aromatic carboxylic acids is 6. The van der Waals surface area contributed by atoms with Gasteiger partial charge in [-0.25, -0.2) is 28.8 Å². The highest BCUT2D eigenvalue weighted by Crippen LogP contribution is 2.13. The average molecular weight is 715 g/mol. The maximum absolute atomic E-state index is 11.4. The molecule has 6 N–H and O–H groups in total. The molecule has 0 aromatic heterocycles. The zero-order valence-corrected chi connectivity index (χ0v) is 27.1. The van der Waals surface area contributed by atoms with Crippen LogP contribution in [0.25, 0.3) is 0 Å². The minimum absolute atomic E-state index is 0.0960. The van der Waals surface area contributed by atoms with Crippen LogP contribution in [0, 0.1) is 71.0 Å². The number of carboxylic acids is 6. The third-order valence-electron chi connectivity index (χ3n) is 6.64. The van der Waals surface area contributed by atoms with E-state index in [1.807, 2.05) is 0 Å². The number of hydrogen-bond donors (Lipinski definition) is 6. The van der Waals surface area contributed by atoms with Crippen LogP contribution in [0.15, 0.2) is 72.8 Å². The zero-order valence-electron chi connectivity index (χ0n) is 27.1. The molecule has 0 bridgehead atoms. The summed E-state index contributed by atoms with van der Waals surface area (Å²) in [6.45, 7) is 0. The molecule has 0 heterocycles. The van der Waals surface area contributed by atoms with E-state index < -0.39 is 35.8 Å². The highest BCUT2D eigenvalue weighted by molar-refractivity contribution is 5.96. The van der Waals surface area contributed by atoms with Gasteiger partial charge in [-0.3, -0.25) is 0 Å². The van der Waals surface area contributed by atoms with Gasteiger partial charge in [0.05, 0.1) is 33.4 Å². The van der Waals surface area contributed by atoms with Crippen molar-refractivity contribution in [1.29, 1.82) is 0 Å². The molecule has 4 aromatic rings. The molecule has 258 valence electrons. The highest BCUT2D eigenvalue weighted by Gasteiger charge is 2.12. The molecule has 0 unspecified atom stereocenters. The minimum Gasteiger partial charge on any atom is -0.478 e.